The third-order valence-electron chi connectivity index (χ3n) is 1.97. The number of rotatable bonds is 2. The molecule has 0 radical (unpaired) electrons. The molecule has 2 N–H and O–H groups in total. The summed E-state index contributed by atoms with van der Waals surface area (Å²) in [6, 6.07) is 4.79. The summed E-state index contributed by atoms with van der Waals surface area (Å²) in [6.07, 6.45) is 0. The number of nitrogens with two attached hydrogens (primary N) is 1. The SMILES string of the molecule is NCc1cc(-c2ccc(F)cc2F)no1. The van der Waals surface area contributed by atoms with E-state index in [1.54, 1.807) is 0 Å². The van der Waals surface area contributed by atoms with Gasteiger partial charge in [-0.25, -0.2) is 8.78 Å². The van der Waals surface area contributed by atoms with E-state index in [2.05, 4.69) is 5.16 Å². The van der Waals surface area contributed by atoms with E-state index in [4.69, 9.17) is 10.3 Å². The highest BCUT2D eigenvalue weighted by molar-refractivity contribution is 5.59. The molecule has 0 saturated heterocycles. The molecular weight excluding hydrogens is 202 g/mol. The fourth-order valence-electron chi connectivity index (χ4n) is 1.23. The molecule has 0 fully saturated rings. The van der Waals surface area contributed by atoms with Crippen molar-refractivity contribution in [3.05, 3.63) is 41.7 Å². The fourth-order valence-corrected chi connectivity index (χ4v) is 1.23. The second-order valence-electron chi connectivity index (χ2n) is 3.01. The largest absolute Gasteiger partial charge is 0.359 e. The monoisotopic (exact) mass is 210 g/mol. The zero-order chi connectivity index (χ0) is 10.8. The second-order valence-corrected chi connectivity index (χ2v) is 3.01. The van der Waals surface area contributed by atoms with Crippen LogP contribution >= 0.6 is 0 Å². The summed E-state index contributed by atoms with van der Waals surface area (Å²) in [5, 5.41) is 3.63. The minimum Gasteiger partial charge on any atom is -0.359 e. The van der Waals surface area contributed by atoms with Gasteiger partial charge in [0.15, 0.2) is 5.76 Å². The molecule has 0 saturated carbocycles. The third-order valence-corrected chi connectivity index (χ3v) is 1.97. The lowest BCUT2D eigenvalue weighted by molar-refractivity contribution is 0.386. The zero-order valence-corrected chi connectivity index (χ0v) is 7.71. The van der Waals surface area contributed by atoms with Gasteiger partial charge < -0.3 is 10.3 Å². The zero-order valence-electron chi connectivity index (χ0n) is 7.71. The summed E-state index contributed by atoms with van der Waals surface area (Å²) in [5.74, 6) is -0.848. The Hall–Kier alpha value is -1.75. The maximum atomic E-state index is 13.3. The first-order chi connectivity index (χ1) is 7.20. The number of aromatic nitrogens is 1. The van der Waals surface area contributed by atoms with E-state index in [9.17, 15) is 8.78 Å². The van der Waals surface area contributed by atoms with Gasteiger partial charge in [0.05, 0.1) is 6.54 Å². The van der Waals surface area contributed by atoms with Crippen molar-refractivity contribution in [2.45, 2.75) is 6.54 Å². The Morgan fingerprint density at radius 1 is 1.27 bits per heavy atom. The third kappa shape index (κ3) is 1.87. The Morgan fingerprint density at radius 2 is 2.07 bits per heavy atom. The Bertz CT molecular complexity index is 482. The fraction of sp³-hybridized carbons (Fsp3) is 0.100. The highest BCUT2D eigenvalue weighted by Gasteiger charge is 2.10. The van der Waals surface area contributed by atoms with Gasteiger partial charge >= 0.3 is 0 Å². The lowest BCUT2D eigenvalue weighted by atomic mass is 10.1. The summed E-state index contributed by atoms with van der Waals surface area (Å²) in [7, 11) is 0. The first-order valence-electron chi connectivity index (χ1n) is 4.32. The molecule has 1 aromatic heterocycles. The Labute approximate surface area is 84.5 Å². The number of halogens is 2. The lowest BCUT2D eigenvalue weighted by Crippen LogP contribution is -1.92. The molecule has 0 aliphatic heterocycles. The van der Waals surface area contributed by atoms with Crippen molar-refractivity contribution < 1.29 is 13.3 Å². The maximum Gasteiger partial charge on any atom is 0.150 e. The Balaban J connectivity index is 2.44. The highest BCUT2D eigenvalue weighted by Crippen LogP contribution is 2.22. The molecule has 78 valence electrons. The first-order valence-corrected chi connectivity index (χ1v) is 4.32. The normalized spacial score (nSPS) is 10.6. The molecular formula is C10H8F2N2O. The molecule has 2 rings (SSSR count). The topological polar surface area (TPSA) is 52.0 Å². The number of hydrogen-bond acceptors (Lipinski definition) is 3. The summed E-state index contributed by atoms with van der Waals surface area (Å²) in [6.45, 7) is 0.190. The molecule has 5 heteroatoms. The summed E-state index contributed by atoms with van der Waals surface area (Å²) >= 11 is 0. The summed E-state index contributed by atoms with van der Waals surface area (Å²) < 4.78 is 30.7. The van der Waals surface area contributed by atoms with Crippen molar-refractivity contribution in [1.82, 2.24) is 5.16 Å². The van der Waals surface area contributed by atoms with Crippen LogP contribution in [0.3, 0.4) is 0 Å². The molecule has 15 heavy (non-hydrogen) atoms. The minimum atomic E-state index is -0.674. The smallest absolute Gasteiger partial charge is 0.150 e. The van der Waals surface area contributed by atoms with Crippen LogP contribution in [0.1, 0.15) is 5.76 Å². The number of nitrogens with zero attached hydrogens (tertiary/aromatic N) is 1. The number of hydrogen-bond donors (Lipinski definition) is 1. The van der Waals surface area contributed by atoms with Gasteiger partial charge in [0, 0.05) is 17.7 Å². The average molecular weight is 210 g/mol. The molecule has 0 atom stereocenters. The van der Waals surface area contributed by atoms with E-state index >= 15 is 0 Å². The van der Waals surface area contributed by atoms with Crippen LogP contribution in [0, 0.1) is 11.6 Å². The van der Waals surface area contributed by atoms with E-state index in [0.717, 1.165) is 12.1 Å². The molecule has 1 heterocycles. The molecule has 2 aromatic rings. The Morgan fingerprint density at radius 3 is 2.67 bits per heavy atom. The highest BCUT2D eigenvalue weighted by atomic mass is 19.1. The van der Waals surface area contributed by atoms with Crippen LogP contribution in [0.4, 0.5) is 8.78 Å². The van der Waals surface area contributed by atoms with Gasteiger partial charge in [-0.2, -0.15) is 0 Å². The average Bonchev–Trinajstić information content (AvgIpc) is 2.66. The molecule has 0 aliphatic carbocycles. The van der Waals surface area contributed by atoms with E-state index < -0.39 is 11.6 Å². The van der Waals surface area contributed by atoms with Gasteiger partial charge in [0.2, 0.25) is 0 Å². The van der Waals surface area contributed by atoms with Crippen LogP contribution in [-0.4, -0.2) is 5.16 Å². The maximum absolute atomic E-state index is 13.3. The molecule has 0 spiro atoms. The van der Waals surface area contributed by atoms with E-state index in [1.165, 1.54) is 12.1 Å². The van der Waals surface area contributed by atoms with Crippen LogP contribution < -0.4 is 5.73 Å². The molecule has 3 nitrogen and oxygen atoms in total. The minimum absolute atomic E-state index is 0.190. The summed E-state index contributed by atoms with van der Waals surface area (Å²) in [4.78, 5) is 0. The predicted octanol–water partition coefficient (Wildman–Crippen LogP) is 2.08. The Kier molecular flexibility index (Phi) is 2.47. The van der Waals surface area contributed by atoms with Gasteiger partial charge in [-0.3, -0.25) is 0 Å². The molecule has 0 aliphatic rings. The quantitative estimate of drug-likeness (QED) is 0.825. The molecule has 0 amide bonds. The van der Waals surface area contributed by atoms with Gasteiger partial charge in [-0.05, 0) is 12.1 Å². The first kappa shape index (κ1) is 9.79. The van der Waals surface area contributed by atoms with E-state index in [1.807, 2.05) is 0 Å². The predicted molar refractivity (Wildman–Crippen MR) is 49.7 cm³/mol. The van der Waals surface area contributed by atoms with Crippen LogP contribution in [-0.2, 0) is 6.54 Å². The van der Waals surface area contributed by atoms with Crippen molar-refractivity contribution in [1.29, 1.82) is 0 Å². The van der Waals surface area contributed by atoms with Crippen molar-refractivity contribution in [3.63, 3.8) is 0 Å². The van der Waals surface area contributed by atoms with Gasteiger partial charge in [0.25, 0.3) is 0 Å². The second kappa shape index (κ2) is 3.78. The van der Waals surface area contributed by atoms with Crippen molar-refractivity contribution in [3.8, 4) is 11.3 Å². The van der Waals surface area contributed by atoms with Crippen molar-refractivity contribution >= 4 is 0 Å². The van der Waals surface area contributed by atoms with Crippen LogP contribution in [0.25, 0.3) is 11.3 Å². The van der Waals surface area contributed by atoms with E-state index in [-0.39, 0.29) is 12.1 Å². The number of benzene rings is 1. The van der Waals surface area contributed by atoms with Crippen molar-refractivity contribution in [2.75, 3.05) is 0 Å². The van der Waals surface area contributed by atoms with Gasteiger partial charge in [-0.15, -0.1) is 0 Å². The standard InChI is InChI=1S/C10H8F2N2O/c11-6-1-2-8(9(12)3-6)10-4-7(5-13)15-14-10/h1-4H,5,13H2. The van der Waals surface area contributed by atoms with Crippen LogP contribution in [0.2, 0.25) is 0 Å². The van der Waals surface area contributed by atoms with Crippen LogP contribution in [0.15, 0.2) is 28.8 Å². The van der Waals surface area contributed by atoms with Crippen molar-refractivity contribution in [2.24, 2.45) is 5.73 Å². The molecule has 1 aromatic carbocycles. The lowest BCUT2D eigenvalue weighted by Gasteiger charge is -1.97. The van der Waals surface area contributed by atoms with Gasteiger partial charge in [0.1, 0.15) is 17.3 Å². The molecule has 0 unspecified atom stereocenters. The van der Waals surface area contributed by atoms with E-state index in [0.29, 0.717) is 11.5 Å². The van der Waals surface area contributed by atoms with Crippen LogP contribution in [0.5, 0.6) is 0 Å². The summed E-state index contributed by atoms with van der Waals surface area (Å²) in [5.41, 5.74) is 5.82. The molecule has 0 bridgehead atoms. The van der Waals surface area contributed by atoms with Gasteiger partial charge in [-0.1, -0.05) is 5.16 Å².